The lowest BCUT2D eigenvalue weighted by atomic mass is 10.1. The molecule has 0 aliphatic heterocycles. The molecule has 41 heavy (non-hydrogen) atoms. The number of carbonyl (C=O) groups is 4. The van der Waals surface area contributed by atoms with Crippen LogP contribution < -0.4 is 15.2 Å². The summed E-state index contributed by atoms with van der Waals surface area (Å²) >= 11 is 0. The first-order valence-corrected chi connectivity index (χ1v) is 14.0. The van der Waals surface area contributed by atoms with Crippen molar-refractivity contribution >= 4 is 24.2 Å². The largest absolute Gasteiger partial charge is 0.514 e. The van der Waals surface area contributed by atoms with E-state index >= 15 is 0 Å². The maximum absolute atomic E-state index is 12.7. The van der Waals surface area contributed by atoms with Gasteiger partial charge in [0.15, 0.2) is 11.5 Å². The highest BCUT2D eigenvalue weighted by Gasteiger charge is 2.28. The molecule has 2 unspecified atom stereocenters. The summed E-state index contributed by atoms with van der Waals surface area (Å²) in [5.41, 5.74) is 5.04. The molecule has 0 aliphatic rings. The van der Waals surface area contributed by atoms with Gasteiger partial charge in [0, 0.05) is 0 Å². The van der Waals surface area contributed by atoms with Crippen molar-refractivity contribution < 1.29 is 47.6 Å². The van der Waals surface area contributed by atoms with Crippen LogP contribution in [0.5, 0.6) is 11.5 Å². The molecular formula is C30H47NO10. The van der Waals surface area contributed by atoms with E-state index in [9.17, 15) is 19.2 Å². The Balaban J connectivity index is 3.05. The van der Waals surface area contributed by atoms with Crippen LogP contribution >= 0.6 is 0 Å². The van der Waals surface area contributed by atoms with Crippen molar-refractivity contribution in [1.29, 1.82) is 0 Å². The first-order valence-electron chi connectivity index (χ1n) is 14.0. The van der Waals surface area contributed by atoms with Gasteiger partial charge in [-0.25, -0.2) is 9.59 Å². The van der Waals surface area contributed by atoms with Crippen LogP contribution in [-0.2, 0) is 35.0 Å². The Morgan fingerprint density at radius 3 is 1.68 bits per heavy atom. The number of esters is 2. The van der Waals surface area contributed by atoms with Crippen LogP contribution in [0.15, 0.2) is 18.2 Å². The normalized spacial score (nSPS) is 14.6. The van der Waals surface area contributed by atoms with Crippen molar-refractivity contribution in [3.63, 3.8) is 0 Å². The minimum Gasteiger partial charge on any atom is -0.459 e. The van der Waals surface area contributed by atoms with Gasteiger partial charge < -0.3 is 34.2 Å². The van der Waals surface area contributed by atoms with Crippen molar-refractivity contribution in [3.05, 3.63) is 23.8 Å². The van der Waals surface area contributed by atoms with Crippen molar-refractivity contribution in [2.45, 2.75) is 124 Å². The van der Waals surface area contributed by atoms with Gasteiger partial charge in [-0.2, -0.15) is 0 Å². The standard InChI is InChI=1S/C30H47NO10/c1-11-18(4)25(32)36-19(5)20(6)37-26(33)22(31)16-21-14-15-23(38-27(34)40-29(7,8)12-2)24(17-21)39-28(35)41-30(9,10)13-3/h14-15,17-20,22H,11-13,16,31H2,1-10H3/t18?,19?,20-,22-/m0/s1. The molecule has 1 aromatic rings. The molecule has 0 radical (unpaired) electrons. The van der Waals surface area contributed by atoms with Crippen molar-refractivity contribution in [2.75, 3.05) is 0 Å². The summed E-state index contributed by atoms with van der Waals surface area (Å²) in [4.78, 5) is 49.7. The lowest BCUT2D eigenvalue weighted by Crippen LogP contribution is -2.40. The second-order valence-corrected chi connectivity index (χ2v) is 11.3. The molecule has 2 N–H and O–H groups in total. The van der Waals surface area contributed by atoms with E-state index in [1.165, 1.54) is 12.1 Å². The van der Waals surface area contributed by atoms with E-state index in [-0.39, 0.29) is 29.8 Å². The highest BCUT2D eigenvalue weighted by atomic mass is 16.8. The molecule has 4 atom stereocenters. The fraction of sp³-hybridized carbons (Fsp3) is 0.667. The van der Waals surface area contributed by atoms with Crippen LogP contribution in [0.1, 0.15) is 94.1 Å². The highest BCUT2D eigenvalue weighted by molar-refractivity contribution is 5.76. The lowest BCUT2D eigenvalue weighted by Gasteiger charge is -2.24. The third-order valence-electron chi connectivity index (χ3n) is 6.86. The minimum absolute atomic E-state index is 0.00600. The fourth-order valence-electron chi connectivity index (χ4n) is 2.93. The Morgan fingerprint density at radius 2 is 1.22 bits per heavy atom. The van der Waals surface area contributed by atoms with Crippen LogP contribution in [0, 0.1) is 5.92 Å². The minimum atomic E-state index is -1.09. The zero-order chi connectivity index (χ0) is 31.5. The van der Waals surface area contributed by atoms with Crippen LogP contribution in [0.25, 0.3) is 0 Å². The maximum atomic E-state index is 12.7. The summed E-state index contributed by atoms with van der Waals surface area (Å²) in [6, 6.07) is 3.30. The van der Waals surface area contributed by atoms with Gasteiger partial charge in [-0.15, -0.1) is 0 Å². The Kier molecular flexibility index (Phi) is 13.6. The molecule has 11 nitrogen and oxygen atoms in total. The molecule has 232 valence electrons. The summed E-state index contributed by atoms with van der Waals surface area (Å²) in [6.45, 7) is 17.5. The molecule has 0 fully saturated rings. The zero-order valence-electron chi connectivity index (χ0n) is 26.0. The monoisotopic (exact) mass is 581 g/mol. The summed E-state index contributed by atoms with van der Waals surface area (Å²) in [6.07, 6.45) is -1.65. The van der Waals surface area contributed by atoms with Crippen LogP contribution in [0.2, 0.25) is 0 Å². The predicted octanol–water partition coefficient (Wildman–Crippen LogP) is 5.87. The quantitative estimate of drug-likeness (QED) is 0.159. The Bertz CT molecular complexity index is 1050. The van der Waals surface area contributed by atoms with Gasteiger partial charge in [0.05, 0.1) is 5.92 Å². The summed E-state index contributed by atoms with van der Waals surface area (Å²) < 4.78 is 32.2. The van der Waals surface area contributed by atoms with E-state index in [0.29, 0.717) is 24.8 Å². The molecule has 0 bridgehead atoms. The molecular weight excluding hydrogens is 534 g/mol. The third-order valence-corrected chi connectivity index (χ3v) is 6.86. The van der Waals surface area contributed by atoms with Crippen LogP contribution in [-0.4, -0.2) is 53.7 Å². The molecule has 0 amide bonds. The number of hydrogen-bond acceptors (Lipinski definition) is 11. The fourth-order valence-corrected chi connectivity index (χ4v) is 2.93. The first kappa shape index (κ1) is 35.7. The summed E-state index contributed by atoms with van der Waals surface area (Å²) in [5, 5.41) is 0. The van der Waals surface area contributed by atoms with Gasteiger partial charge in [-0.3, -0.25) is 9.59 Å². The smallest absolute Gasteiger partial charge is 0.459 e. The molecule has 0 spiro atoms. The topological polar surface area (TPSA) is 150 Å². The molecule has 1 aromatic carbocycles. The van der Waals surface area contributed by atoms with E-state index in [1.54, 1.807) is 54.5 Å². The average Bonchev–Trinajstić information content (AvgIpc) is 2.88. The second-order valence-electron chi connectivity index (χ2n) is 11.3. The molecule has 0 heterocycles. The van der Waals surface area contributed by atoms with Crippen molar-refractivity contribution in [2.24, 2.45) is 11.7 Å². The molecule has 0 saturated heterocycles. The van der Waals surface area contributed by atoms with Crippen molar-refractivity contribution in [1.82, 2.24) is 0 Å². The number of hydrogen-bond donors (Lipinski definition) is 1. The average molecular weight is 582 g/mol. The van der Waals surface area contributed by atoms with Crippen LogP contribution in [0.4, 0.5) is 9.59 Å². The Hall–Kier alpha value is -3.34. The van der Waals surface area contributed by atoms with E-state index in [0.717, 1.165) is 0 Å². The second kappa shape index (κ2) is 15.6. The Labute approximate surface area is 243 Å². The van der Waals surface area contributed by atoms with Gasteiger partial charge >= 0.3 is 24.2 Å². The van der Waals surface area contributed by atoms with Crippen molar-refractivity contribution in [3.8, 4) is 11.5 Å². The predicted molar refractivity (Wildman–Crippen MR) is 152 cm³/mol. The number of benzene rings is 1. The van der Waals surface area contributed by atoms with E-state index < -0.39 is 47.7 Å². The SMILES string of the molecule is CCC(C)C(=O)OC(C)[C@H](C)OC(=O)[C@@H](N)Cc1ccc(OC(=O)OC(C)(C)CC)c(OC(=O)OC(C)(C)CC)c1. The molecule has 0 aliphatic carbocycles. The van der Waals surface area contributed by atoms with Gasteiger partial charge in [0.25, 0.3) is 0 Å². The number of carbonyl (C=O) groups excluding carboxylic acids is 4. The maximum Gasteiger partial charge on any atom is 0.514 e. The summed E-state index contributed by atoms with van der Waals surface area (Å²) in [5.74, 6) is -1.55. The van der Waals surface area contributed by atoms with E-state index in [1.807, 2.05) is 20.8 Å². The number of nitrogens with two attached hydrogens (primary N) is 1. The summed E-state index contributed by atoms with van der Waals surface area (Å²) in [7, 11) is 0. The van der Waals surface area contributed by atoms with Crippen LogP contribution in [0.3, 0.4) is 0 Å². The number of ether oxygens (including phenoxy) is 6. The number of rotatable bonds is 14. The molecule has 0 aromatic heterocycles. The highest BCUT2D eigenvalue weighted by Crippen LogP contribution is 2.31. The molecule has 11 heteroatoms. The lowest BCUT2D eigenvalue weighted by molar-refractivity contribution is -0.168. The van der Waals surface area contributed by atoms with Gasteiger partial charge in [-0.1, -0.05) is 33.8 Å². The molecule has 1 rings (SSSR count). The van der Waals surface area contributed by atoms with E-state index in [4.69, 9.17) is 34.2 Å². The Morgan fingerprint density at radius 1 is 0.756 bits per heavy atom. The van der Waals surface area contributed by atoms with Gasteiger partial charge in [0.2, 0.25) is 0 Å². The van der Waals surface area contributed by atoms with Gasteiger partial charge in [0.1, 0.15) is 29.5 Å². The first-order chi connectivity index (χ1) is 18.9. The third kappa shape index (κ3) is 12.4. The molecule has 0 saturated carbocycles. The van der Waals surface area contributed by atoms with E-state index in [2.05, 4.69) is 0 Å². The zero-order valence-corrected chi connectivity index (χ0v) is 26.0. The van der Waals surface area contributed by atoms with Gasteiger partial charge in [-0.05, 0) is 84.9 Å².